The highest BCUT2D eigenvalue weighted by Crippen LogP contribution is 2.13. The molecule has 0 bridgehead atoms. The van der Waals surface area contributed by atoms with Crippen LogP contribution in [0.25, 0.3) is 12.3 Å². The first-order valence-corrected chi connectivity index (χ1v) is 6.16. The summed E-state index contributed by atoms with van der Waals surface area (Å²) in [7, 11) is 0. The van der Waals surface area contributed by atoms with Crippen molar-refractivity contribution in [3.05, 3.63) is 24.3 Å². The van der Waals surface area contributed by atoms with E-state index in [1.54, 1.807) is 11.0 Å². The van der Waals surface area contributed by atoms with Crippen molar-refractivity contribution in [1.82, 2.24) is 14.8 Å². The topological polar surface area (TPSA) is 30.7 Å². The van der Waals surface area contributed by atoms with Crippen molar-refractivity contribution >= 4 is 12.3 Å². The minimum absolute atomic E-state index is 0.522. The maximum absolute atomic E-state index is 4.10. The Kier molecular flexibility index (Phi) is 8.12. The third kappa shape index (κ3) is 4.01. The summed E-state index contributed by atoms with van der Waals surface area (Å²) in [6.45, 7) is 10.2. The van der Waals surface area contributed by atoms with E-state index >= 15 is 0 Å². The second-order valence-electron chi connectivity index (χ2n) is 2.84. The van der Waals surface area contributed by atoms with Crippen molar-refractivity contribution in [2.24, 2.45) is 5.92 Å². The van der Waals surface area contributed by atoms with E-state index in [1.807, 2.05) is 40.0 Å². The van der Waals surface area contributed by atoms with Gasteiger partial charge in [-0.3, -0.25) is 0 Å². The first kappa shape index (κ1) is 14.6. The van der Waals surface area contributed by atoms with Crippen LogP contribution in [-0.2, 0) is 0 Å². The van der Waals surface area contributed by atoms with Gasteiger partial charge < -0.3 is 0 Å². The Morgan fingerprint density at radius 2 is 1.88 bits per heavy atom. The predicted molar refractivity (Wildman–Crippen MR) is 70.9 cm³/mol. The Morgan fingerprint density at radius 3 is 2.50 bits per heavy atom. The van der Waals surface area contributed by atoms with Crippen LogP contribution in [0, 0.1) is 5.92 Å². The molecule has 0 aliphatic carbocycles. The van der Waals surface area contributed by atoms with Crippen LogP contribution in [0.3, 0.4) is 0 Å². The molecule has 3 nitrogen and oxygen atoms in total. The van der Waals surface area contributed by atoms with Gasteiger partial charge in [0, 0.05) is 6.20 Å². The zero-order valence-corrected chi connectivity index (χ0v) is 11.0. The Labute approximate surface area is 98.9 Å². The first-order chi connectivity index (χ1) is 7.90. The van der Waals surface area contributed by atoms with Gasteiger partial charge in [-0.2, -0.15) is 5.10 Å². The SMILES string of the molecule is CC.CC.CCC1C=Cc2ncnn2C=C1. The van der Waals surface area contributed by atoms with Gasteiger partial charge in [-0.1, -0.05) is 46.8 Å². The molecule has 2 rings (SSSR count). The van der Waals surface area contributed by atoms with Crippen LogP contribution in [0.2, 0.25) is 0 Å². The highest BCUT2D eigenvalue weighted by Gasteiger charge is 2.03. The standard InChI is InChI=1S/C9H11N3.2C2H6/c1-2-8-3-4-9-10-7-11-12(9)6-5-8;2*1-2/h3-8H,2H2,1H3;2*1-2H3. The average Bonchev–Trinajstić information content (AvgIpc) is 2.74. The van der Waals surface area contributed by atoms with Crippen molar-refractivity contribution in [1.29, 1.82) is 0 Å². The van der Waals surface area contributed by atoms with Crippen LogP contribution in [0.1, 0.15) is 46.9 Å². The van der Waals surface area contributed by atoms with E-state index in [9.17, 15) is 0 Å². The summed E-state index contributed by atoms with van der Waals surface area (Å²) in [5.41, 5.74) is 0. The van der Waals surface area contributed by atoms with Gasteiger partial charge in [-0.05, 0) is 18.4 Å². The highest BCUT2D eigenvalue weighted by atomic mass is 15.3. The fraction of sp³-hybridized carbons (Fsp3) is 0.538. The van der Waals surface area contributed by atoms with Gasteiger partial charge in [0.25, 0.3) is 0 Å². The largest absolute Gasteiger partial charge is 0.221 e. The molecule has 16 heavy (non-hydrogen) atoms. The summed E-state index contributed by atoms with van der Waals surface area (Å²) in [5.74, 6) is 1.43. The first-order valence-electron chi connectivity index (χ1n) is 6.16. The van der Waals surface area contributed by atoms with E-state index < -0.39 is 0 Å². The lowest BCUT2D eigenvalue weighted by molar-refractivity contribution is 0.778. The quantitative estimate of drug-likeness (QED) is 0.721. The summed E-state index contributed by atoms with van der Waals surface area (Å²) in [5, 5.41) is 4.05. The molecule has 3 heteroatoms. The van der Waals surface area contributed by atoms with Gasteiger partial charge in [0.15, 0.2) is 5.82 Å². The van der Waals surface area contributed by atoms with Gasteiger partial charge >= 0.3 is 0 Å². The minimum Gasteiger partial charge on any atom is -0.221 e. The van der Waals surface area contributed by atoms with Crippen molar-refractivity contribution in [2.45, 2.75) is 41.0 Å². The number of rotatable bonds is 1. The summed E-state index contributed by atoms with van der Waals surface area (Å²) < 4.78 is 1.78. The fourth-order valence-electron chi connectivity index (χ4n) is 1.23. The highest BCUT2D eigenvalue weighted by molar-refractivity contribution is 5.47. The number of hydrogen-bond donors (Lipinski definition) is 0. The molecule has 1 aromatic heterocycles. The minimum atomic E-state index is 0.522. The van der Waals surface area contributed by atoms with E-state index in [-0.39, 0.29) is 0 Å². The van der Waals surface area contributed by atoms with E-state index in [0.717, 1.165) is 12.2 Å². The molecular formula is C13H23N3. The zero-order chi connectivity index (χ0) is 12.4. The molecule has 0 fully saturated rings. The van der Waals surface area contributed by atoms with Crippen molar-refractivity contribution in [2.75, 3.05) is 0 Å². The monoisotopic (exact) mass is 221 g/mol. The van der Waals surface area contributed by atoms with Crippen molar-refractivity contribution in [3.8, 4) is 0 Å². The molecule has 0 saturated carbocycles. The molecule has 1 unspecified atom stereocenters. The summed E-state index contributed by atoms with van der Waals surface area (Å²) >= 11 is 0. The summed E-state index contributed by atoms with van der Waals surface area (Å²) in [6, 6.07) is 0. The fourth-order valence-corrected chi connectivity index (χ4v) is 1.23. The predicted octanol–water partition coefficient (Wildman–Crippen LogP) is 3.85. The molecule has 0 amide bonds. The Hall–Kier alpha value is -1.38. The molecule has 1 aliphatic rings. The zero-order valence-electron chi connectivity index (χ0n) is 11.0. The van der Waals surface area contributed by atoms with Gasteiger partial charge in [0.1, 0.15) is 6.33 Å². The maximum atomic E-state index is 4.10. The molecule has 1 atom stereocenters. The molecule has 0 aromatic carbocycles. The molecule has 0 spiro atoms. The number of aromatic nitrogens is 3. The number of fused-ring (bicyclic) bond motifs is 1. The van der Waals surface area contributed by atoms with Crippen LogP contribution in [0.15, 0.2) is 18.5 Å². The Balaban J connectivity index is 0.000000509. The lowest BCUT2D eigenvalue weighted by Gasteiger charge is -1.98. The average molecular weight is 221 g/mol. The van der Waals surface area contributed by atoms with E-state index in [0.29, 0.717) is 5.92 Å². The molecule has 1 aromatic rings. The van der Waals surface area contributed by atoms with Gasteiger partial charge in [0.05, 0.1) is 0 Å². The number of hydrogen-bond acceptors (Lipinski definition) is 2. The second kappa shape index (κ2) is 8.89. The Bertz CT molecular complexity index is 295. The van der Waals surface area contributed by atoms with E-state index in [4.69, 9.17) is 0 Å². The van der Waals surface area contributed by atoms with Crippen molar-refractivity contribution < 1.29 is 0 Å². The summed E-state index contributed by atoms with van der Waals surface area (Å²) in [4.78, 5) is 4.10. The van der Waals surface area contributed by atoms with Crippen LogP contribution < -0.4 is 0 Å². The van der Waals surface area contributed by atoms with E-state index in [1.165, 1.54) is 0 Å². The summed E-state index contributed by atoms with van der Waals surface area (Å²) in [6.07, 6.45) is 11.0. The van der Waals surface area contributed by atoms with Crippen LogP contribution in [0.4, 0.5) is 0 Å². The smallest absolute Gasteiger partial charge is 0.154 e. The molecule has 2 heterocycles. The third-order valence-corrected chi connectivity index (χ3v) is 2.04. The number of nitrogens with zero attached hydrogens (tertiary/aromatic N) is 3. The normalized spacial score (nSPS) is 16.2. The van der Waals surface area contributed by atoms with Gasteiger partial charge in [0.2, 0.25) is 0 Å². The molecule has 1 aliphatic heterocycles. The molecule has 0 radical (unpaired) electrons. The Morgan fingerprint density at radius 1 is 1.19 bits per heavy atom. The van der Waals surface area contributed by atoms with Gasteiger partial charge in [-0.25, -0.2) is 9.67 Å². The molecule has 90 valence electrons. The lowest BCUT2D eigenvalue weighted by Crippen LogP contribution is -1.90. The number of allylic oxidation sites excluding steroid dienone is 2. The molecule has 0 saturated heterocycles. The van der Waals surface area contributed by atoms with Crippen LogP contribution >= 0.6 is 0 Å². The molecular weight excluding hydrogens is 198 g/mol. The van der Waals surface area contributed by atoms with E-state index in [2.05, 4.69) is 29.2 Å². The third-order valence-electron chi connectivity index (χ3n) is 2.04. The van der Waals surface area contributed by atoms with Crippen molar-refractivity contribution in [3.63, 3.8) is 0 Å². The maximum Gasteiger partial charge on any atom is 0.154 e. The van der Waals surface area contributed by atoms with Gasteiger partial charge in [-0.15, -0.1) is 0 Å². The molecule has 0 N–H and O–H groups in total. The van der Waals surface area contributed by atoms with Crippen LogP contribution in [-0.4, -0.2) is 14.8 Å². The van der Waals surface area contributed by atoms with Crippen LogP contribution in [0.5, 0.6) is 0 Å². The second-order valence-corrected chi connectivity index (χ2v) is 2.84. The lowest BCUT2D eigenvalue weighted by atomic mass is 10.1.